The molecule has 0 saturated carbocycles. The highest BCUT2D eigenvalue weighted by molar-refractivity contribution is 6.47. The summed E-state index contributed by atoms with van der Waals surface area (Å²) in [7, 11) is -0.0734. The number of hydrogen-bond donors (Lipinski definition) is 0. The van der Waals surface area contributed by atoms with Gasteiger partial charge in [-0.2, -0.15) is 0 Å². The van der Waals surface area contributed by atoms with E-state index in [1.54, 1.807) is 0 Å². The zero-order valence-corrected chi connectivity index (χ0v) is 13.5. The second-order valence-corrected chi connectivity index (χ2v) is 6.98. The SMILES string of the molecule is C[C@H](CCCc1ccccc1)B1OC(C)(C)C(C)(C)O1. The van der Waals surface area contributed by atoms with Crippen LogP contribution in [0.4, 0.5) is 0 Å². The number of hydrogen-bond acceptors (Lipinski definition) is 2. The van der Waals surface area contributed by atoms with Crippen molar-refractivity contribution >= 4 is 7.12 Å². The maximum atomic E-state index is 6.11. The van der Waals surface area contributed by atoms with Gasteiger partial charge in [0.15, 0.2) is 0 Å². The van der Waals surface area contributed by atoms with E-state index in [2.05, 4.69) is 65.0 Å². The molecule has 0 radical (unpaired) electrons. The van der Waals surface area contributed by atoms with Crippen molar-refractivity contribution in [3.63, 3.8) is 0 Å². The zero-order valence-electron chi connectivity index (χ0n) is 13.5. The molecule has 0 aliphatic carbocycles. The highest BCUT2D eigenvalue weighted by Crippen LogP contribution is 2.40. The van der Waals surface area contributed by atoms with Gasteiger partial charge >= 0.3 is 7.12 Å². The number of aryl methyl sites for hydroxylation is 1. The van der Waals surface area contributed by atoms with E-state index in [0.29, 0.717) is 5.82 Å². The Morgan fingerprint density at radius 2 is 1.55 bits per heavy atom. The molecule has 2 rings (SSSR count). The largest absolute Gasteiger partial charge is 0.460 e. The minimum Gasteiger partial charge on any atom is -0.403 e. The quantitative estimate of drug-likeness (QED) is 0.736. The van der Waals surface area contributed by atoms with Crippen LogP contribution in [0.1, 0.15) is 53.0 Å². The van der Waals surface area contributed by atoms with E-state index in [1.165, 1.54) is 12.0 Å². The third-order valence-electron chi connectivity index (χ3n) is 4.70. The standard InChI is InChI=1S/C17H27BO2/c1-14(10-9-13-15-11-7-6-8-12-15)18-19-16(2,3)17(4,5)20-18/h6-8,11-12,14H,9-10,13H2,1-5H3/t14-/m1/s1. The monoisotopic (exact) mass is 274 g/mol. The summed E-state index contributed by atoms with van der Waals surface area (Å²) >= 11 is 0. The molecule has 1 saturated heterocycles. The summed E-state index contributed by atoms with van der Waals surface area (Å²) < 4.78 is 12.2. The van der Waals surface area contributed by atoms with Crippen LogP contribution in [0.25, 0.3) is 0 Å². The Bertz CT molecular complexity index is 412. The Labute approximate surface area is 124 Å². The lowest BCUT2D eigenvalue weighted by atomic mass is 9.70. The van der Waals surface area contributed by atoms with E-state index < -0.39 is 0 Å². The van der Waals surface area contributed by atoms with Crippen LogP contribution in [0.3, 0.4) is 0 Å². The molecule has 0 bridgehead atoms. The van der Waals surface area contributed by atoms with Gasteiger partial charge in [-0.25, -0.2) is 0 Å². The predicted molar refractivity (Wildman–Crippen MR) is 84.9 cm³/mol. The zero-order chi connectivity index (χ0) is 14.8. The minimum atomic E-state index is -0.217. The summed E-state index contributed by atoms with van der Waals surface area (Å²) in [5, 5.41) is 0. The van der Waals surface area contributed by atoms with Crippen LogP contribution in [-0.2, 0) is 15.7 Å². The fraction of sp³-hybridized carbons (Fsp3) is 0.647. The van der Waals surface area contributed by atoms with Crippen LogP contribution < -0.4 is 0 Å². The summed E-state index contributed by atoms with van der Waals surface area (Å²) in [6, 6.07) is 10.7. The van der Waals surface area contributed by atoms with Gasteiger partial charge in [0.05, 0.1) is 11.2 Å². The molecule has 1 aromatic carbocycles. The molecule has 1 aliphatic heterocycles. The van der Waals surface area contributed by atoms with E-state index in [1.807, 2.05) is 0 Å². The first kappa shape index (κ1) is 15.6. The summed E-state index contributed by atoms with van der Waals surface area (Å²) in [6.45, 7) is 10.7. The average molecular weight is 274 g/mol. The molecule has 0 unspecified atom stereocenters. The molecular weight excluding hydrogens is 247 g/mol. The first-order chi connectivity index (χ1) is 9.32. The maximum Gasteiger partial charge on any atom is 0.460 e. The van der Waals surface area contributed by atoms with Crippen LogP contribution in [0.5, 0.6) is 0 Å². The van der Waals surface area contributed by atoms with Crippen LogP contribution >= 0.6 is 0 Å². The van der Waals surface area contributed by atoms with Crippen LogP contribution in [0.15, 0.2) is 30.3 Å². The molecular formula is C17H27BO2. The lowest BCUT2D eigenvalue weighted by Crippen LogP contribution is -2.41. The molecule has 0 N–H and O–H groups in total. The molecule has 2 nitrogen and oxygen atoms in total. The molecule has 110 valence electrons. The van der Waals surface area contributed by atoms with Crippen molar-refractivity contribution in [1.82, 2.24) is 0 Å². The minimum absolute atomic E-state index is 0.0734. The van der Waals surface area contributed by atoms with Gasteiger partial charge in [-0.15, -0.1) is 0 Å². The molecule has 20 heavy (non-hydrogen) atoms. The van der Waals surface area contributed by atoms with Crippen LogP contribution in [0, 0.1) is 0 Å². The predicted octanol–water partition coefficient (Wildman–Crippen LogP) is 4.49. The van der Waals surface area contributed by atoms with E-state index in [9.17, 15) is 0 Å². The van der Waals surface area contributed by atoms with E-state index in [4.69, 9.17) is 9.31 Å². The van der Waals surface area contributed by atoms with Gasteiger partial charge in [0.25, 0.3) is 0 Å². The van der Waals surface area contributed by atoms with Crippen LogP contribution in [-0.4, -0.2) is 18.3 Å². The lowest BCUT2D eigenvalue weighted by molar-refractivity contribution is 0.00578. The van der Waals surface area contributed by atoms with Crippen molar-refractivity contribution in [3.8, 4) is 0 Å². The fourth-order valence-electron chi connectivity index (χ4n) is 2.53. The first-order valence-corrected chi connectivity index (χ1v) is 7.71. The molecule has 0 amide bonds. The van der Waals surface area contributed by atoms with Gasteiger partial charge in [0.1, 0.15) is 0 Å². The topological polar surface area (TPSA) is 18.5 Å². The summed E-state index contributed by atoms with van der Waals surface area (Å²) in [5.74, 6) is 0.430. The Balaban J connectivity index is 1.80. The third kappa shape index (κ3) is 3.45. The van der Waals surface area contributed by atoms with Crippen molar-refractivity contribution in [3.05, 3.63) is 35.9 Å². The fourth-order valence-corrected chi connectivity index (χ4v) is 2.53. The molecule has 0 spiro atoms. The second-order valence-electron chi connectivity index (χ2n) is 6.98. The Morgan fingerprint density at radius 1 is 1.00 bits per heavy atom. The van der Waals surface area contributed by atoms with Crippen molar-refractivity contribution in [2.24, 2.45) is 0 Å². The van der Waals surface area contributed by atoms with Gasteiger partial charge in [0.2, 0.25) is 0 Å². The lowest BCUT2D eigenvalue weighted by Gasteiger charge is -2.32. The molecule has 3 heteroatoms. The summed E-state index contributed by atoms with van der Waals surface area (Å²) in [6.07, 6.45) is 3.44. The third-order valence-corrected chi connectivity index (χ3v) is 4.70. The van der Waals surface area contributed by atoms with E-state index >= 15 is 0 Å². The average Bonchev–Trinajstić information content (AvgIpc) is 2.60. The van der Waals surface area contributed by atoms with E-state index in [0.717, 1.165) is 12.8 Å². The Kier molecular flexibility index (Phi) is 4.60. The van der Waals surface area contributed by atoms with Gasteiger partial charge in [-0.05, 0) is 51.9 Å². The van der Waals surface area contributed by atoms with Gasteiger partial charge in [-0.3, -0.25) is 0 Å². The molecule has 1 atom stereocenters. The molecule has 1 heterocycles. The number of rotatable bonds is 5. The summed E-state index contributed by atoms with van der Waals surface area (Å²) in [5.41, 5.74) is 0.977. The first-order valence-electron chi connectivity index (χ1n) is 7.71. The summed E-state index contributed by atoms with van der Waals surface area (Å²) in [4.78, 5) is 0. The highest BCUT2D eigenvalue weighted by Gasteiger charge is 2.52. The van der Waals surface area contributed by atoms with Gasteiger partial charge in [0, 0.05) is 0 Å². The molecule has 1 fully saturated rings. The van der Waals surface area contributed by atoms with Crippen molar-refractivity contribution < 1.29 is 9.31 Å². The van der Waals surface area contributed by atoms with Crippen molar-refractivity contribution in [2.75, 3.05) is 0 Å². The van der Waals surface area contributed by atoms with Gasteiger partial charge in [-0.1, -0.05) is 43.7 Å². The second kappa shape index (κ2) is 5.91. The van der Waals surface area contributed by atoms with E-state index in [-0.39, 0.29) is 18.3 Å². The number of benzene rings is 1. The van der Waals surface area contributed by atoms with Crippen LogP contribution in [0.2, 0.25) is 5.82 Å². The van der Waals surface area contributed by atoms with Crippen molar-refractivity contribution in [2.45, 2.75) is 70.9 Å². The Morgan fingerprint density at radius 3 is 2.10 bits per heavy atom. The normalized spacial score (nSPS) is 21.9. The molecule has 0 aromatic heterocycles. The Hall–Kier alpha value is -0.795. The maximum absolute atomic E-state index is 6.11. The smallest absolute Gasteiger partial charge is 0.403 e. The molecule has 1 aliphatic rings. The van der Waals surface area contributed by atoms with Gasteiger partial charge < -0.3 is 9.31 Å². The molecule has 1 aromatic rings. The highest BCUT2D eigenvalue weighted by atomic mass is 16.7. The van der Waals surface area contributed by atoms with Crippen molar-refractivity contribution in [1.29, 1.82) is 0 Å².